The van der Waals surface area contributed by atoms with Crippen molar-refractivity contribution in [1.29, 1.82) is 0 Å². The van der Waals surface area contributed by atoms with E-state index in [1.54, 1.807) is 0 Å². The number of nitrogens with zero attached hydrogens (tertiary/aromatic N) is 2. The molecule has 0 aromatic rings. The summed E-state index contributed by atoms with van der Waals surface area (Å²) in [5, 5.41) is 9.32. The summed E-state index contributed by atoms with van der Waals surface area (Å²) in [6.45, 7) is 3.26. The third kappa shape index (κ3) is 2.86. The molecule has 0 radical (unpaired) electrons. The summed E-state index contributed by atoms with van der Waals surface area (Å²) < 4.78 is 0. The van der Waals surface area contributed by atoms with Gasteiger partial charge in [-0.3, -0.25) is 4.79 Å². The summed E-state index contributed by atoms with van der Waals surface area (Å²) in [4.78, 5) is 16.1. The average molecular weight is 254 g/mol. The Labute approximate surface area is 110 Å². The molecule has 1 saturated carbocycles. The Bertz CT molecular complexity index is 294. The number of carboxylic acids is 1. The fraction of sp³-hybridized carbons (Fsp3) is 0.929. The van der Waals surface area contributed by atoms with Crippen LogP contribution < -0.4 is 0 Å². The van der Waals surface area contributed by atoms with Gasteiger partial charge in [0.2, 0.25) is 0 Å². The van der Waals surface area contributed by atoms with Crippen molar-refractivity contribution in [3.8, 4) is 0 Å². The van der Waals surface area contributed by atoms with Gasteiger partial charge in [0.05, 0.1) is 5.41 Å². The van der Waals surface area contributed by atoms with E-state index >= 15 is 0 Å². The van der Waals surface area contributed by atoms with E-state index in [1.807, 2.05) is 0 Å². The molecule has 0 aromatic heterocycles. The molecule has 1 heterocycles. The Balaban J connectivity index is 1.77. The van der Waals surface area contributed by atoms with Crippen LogP contribution in [0.25, 0.3) is 0 Å². The van der Waals surface area contributed by atoms with Crippen LogP contribution in [0.3, 0.4) is 0 Å². The molecular formula is C14H26N2O2. The minimum atomic E-state index is -0.578. The van der Waals surface area contributed by atoms with Crippen molar-refractivity contribution in [3.05, 3.63) is 0 Å². The number of piperidine rings is 1. The van der Waals surface area contributed by atoms with Gasteiger partial charge >= 0.3 is 5.97 Å². The predicted molar refractivity (Wildman–Crippen MR) is 71.7 cm³/mol. The van der Waals surface area contributed by atoms with Gasteiger partial charge in [-0.1, -0.05) is 6.42 Å². The molecule has 2 aliphatic rings. The van der Waals surface area contributed by atoms with Crippen LogP contribution in [0.5, 0.6) is 0 Å². The number of hydrogen-bond donors (Lipinski definition) is 1. The molecule has 4 nitrogen and oxygen atoms in total. The van der Waals surface area contributed by atoms with Crippen molar-refractivity contribution >= 4 is 5.97 Å². The molecule has 1 aliphatic carbocycles. The normalized spacial score (nSPS) is 25.1. The van der Waals surface area contributed by atoms with E-state index in [0.717, 1.165) is 32.2 Å². The van der Waals surface area contributed by atoms with Gasteiger partial charge in [-0.05, 0) is 65.8 Å². The molecule has 1 aliphatic heterocycles. The van der Waals surface area contributed by atoms with Crippen LogP contribution >= 0.6 is 0 Å². The molecule has 2 fully saturated rings. The predicted octanol–water partition coefficient (Wildman–Crippen LogP) is 1.66. The molecule has 1 N–H and O–H groups in total. The maximum atomic E-state index is 11.3. The number of carboxylic acid groups (broad SMARTS) is 1. The first-order valence-corrected chi connectivity index (χ1v) is 7.16. The van der Waals surface area contributed by atoms with Crippen molar-refractivity contribution in [1.82, 2.24) is 9.80 Å². The first-order chi connectivity index (χ1) is 8.53. The van der Waals surface area contributed by atoms with Crippen LogP contribution in [-0.2, 0) is 4.79 Å². The lowest BCUT2D eigenvalue weighted by Gasteiger charge is -2.41. The Hall–Kier alpha value is -0.610. The summed E-state index contributed by atoms with van der Waals surface area (Å²) >= 11 is 0. The largest absolute Gasteiger partial charge is 0.481 e. The van der Waals surface area contributed by atoms with E-state index in [-0.39, 0.29) is 5.41 Å². The second-order valence-electron chi connectivity index (χ2n) is 6.20. The topological polar surface area (TPSA) is 43.8 Å². The number of hydrogen-bond acceptors (Lipinski definition) is 3. The number of aliphatic carboxylic acids is 1. The van der Waals surface area contributed by atoms with Crippen molar-refractivity contribution in [2.75, 3.05) is 33.7 Å². The summed E-state index contributed by atoms with van der Waals surface area (Å²) in [5.74, 6) is -0.578. The highest BCUT2D eigenvalue weighted by molar-refractivity contribution is 5.75. The zero-order chi connectivity index (χ0) is 13.2. The maximum Gasteiger partial charge on any atom is 0.309 e. The highest BCUT2D eigenvalue weighted by Gasteiger charge is 2.44. The molecule has 104 valence electrons. The zero-order valence-corrected chi connectivity index (χ0v) is 11.7. The molecule has 4 heteroatoms. The van der Waals surface area contributed by atoms with E-state index in [4.69, 9.17) is 0 Å². The van der Waals surface area contributed by atoms with E-state index in [0.29, 0.717) is 6.04 Å². The Morgan fingerprint density at radius 3 is 2.44 bits per heavy atom. The van der Waals surface area contributed by atoms with Crippen LogP contribution in [0, 0.1) is 5.41 Å². The monoisotopic (exact) mass is 254 g/mol. The van der Waals surface area contributed by atoms with Gasteiger partial charge in [-0.2, -0.15) is 0 Å². The number of rotatable bonds is 5. The first kappa shape index (κ1) is 13.8. The lowest BCUT2D eigenvalue weighted by Crippen LogP contribution is -2.45. The fourth-order valence-corrected chi connectivity index (χ4v) is 3.18. The van der Waals surface area contributed by atoms with Crippen LogP contribution in [0.4, 0.5) is 0 Å². The van der Waals surface area contributed by atoms with E-state index in [1.165, 1.54) is 25.9 Å². The highest BCUT2D eigenvalue weighted by atomic mass is 16.4. The van der Waals surface area contributed by atoms with Crippen molar-refractivity contribution < 1.29 is 9.90 Å². The Morgan fingerprint density at radius 1 is 1.39 bits per heavy atom. The van der Waals surface area contributed by atoms with Gasteiger partial charge in [0.15, 0.2) is 0 Å². The van der Waals surface area contributed by atoms with Crippen LogP contribution in [0.2, 0.25) is 0 Å². The molecular weight excluding hydrogens is 228 g/mol. The second-order valence-corrected chi connectivity index (χ2v) is 6.20. The molecule has 0 unspecified atom stereocenters. The van der Waals surface area contributed by atoms with Gasteiger partial charge in [-0.25, -0.2) is 0 Å². The van der Waals surface area contributed by atoms with E-state index < -0.39 is 5.97 Å². The zero-order valence-electron chi connectivity index (χ0n) is 11.7. The lowest BCUT2D eigenvalue weighted by molar-refractivity contribution is -0.155. The summed E-state index contributed by atoms with van der Waals surface area (Å²) in [6, 6.07) is 0.645. The van der Waals surface area contributed by atoms with Gasteiger partial charge in [0.25, 0.3) is 0 Å². The molecule has 18 heavy (non-hydrogen) atoms. The van der Waals surface area contributed by atoms with Gasteiger partial charge < -0.3 is 14.9 Å². The van der Waals surface area contributed by atoms with Crippen LogP contribution in [0.15, 0.2) is 0 Å². The smallest absolute Gasteiger partial charge is 0.309 e. The fourth-order valence-electron chi connectivity index (χ4n) is 3.18. The summed E-state index contributed by atoms with van der Waals surface area (Å²) in [6.07, 6.45) is 6.10. The number of likely N-dealkylation sites (tertiary alicyclic amines) is 1. The van der Waals surface area contributed by atoms with Gasteiger partial charge in [0, 0.05) is 6.04 Å². The number of carbonyl (C=O) groups is 1. The van der Waals surface area contributed by atoms with Crippen molar-refractivity contribution in [2.45, 2.75) is 44.6 Å². The summed E-state index contributed by atoms with van der Waals surface area (Å²) in [7, 11) is 4.33. The minimum Gasteiger partial charge on any atom is -0.481 e. The molecule has 0 amide bonds. The molecule has 0 atom stereocenters. The highest BCUT2D eigenvalue weighted by Crippen LogP contribution is 2.44. The second kappa shape index (κ2) is 5.57. The van der Waals surface area contributed by atoms with Crippen LogP contribution in [0.1, 0.15) is 38.5 Å². The molecule has 1 saturated heterocycles. The van der Waals surface area contributed by atoms with E-state index in [9.17, 15) is 9.90 Å². The Kier molecular flexibility index (Phi) is 4.28. The standard InChI is InChI=1S/C14H26N2O2/c1-15-9-4-12(5-10-15)16(2)11-8-14(13(17)18)6-3-7-14/h12H,3-11H2,1-2H3,(H,17,18). The Morgan fingerprint density at radius 2 is 2.00 bits per heavy atom. The van der Waals surface area contributed by atoms with E-state index in [2.05, 4.69) is 23.9 Å². The van der Waals surface area contributed by atoms with Gasteiger partial charge in [-0.15, -0.1) is 0 Å². The molecule has 0 aromatic carbocycles. The van der Waals surface area contributed by atoms with Crippen molar-refractivity contribution in [2.24, 2.45) is 5.41 Å². The molecule has 0 bridgehead atoms. The van der Waals surface area contributed by atoms with Crippen molar-refractivity contribution in [3.63, 3.8) is 0 Å². The maximum absolute atomic E-state index is 11.3. The summed E-state index contributed by atoms with van der Waals surface area (Å²) in [5.41, 5.74) is -0.389. The third-order valence-corrected chi connectivity index (χ3v) is 5.02. The molecule has 2 rings (SSSR count). The first-order valence-electron chi connectivity index (χ1n) is 7.16. The SMILES string of the molecule is CN1CCC(N(C)CCC2(C(=O)O)CCC2)CC1. The quantitative estimate of drug-likeness (QED) is 0.810. The molecule has 0 spiro atoms. The van der Waals surface area contributed by atoms with Gasteiger partial charge in [0.1, 0.15) is 0 Å². The van der Waals surface area contributed by atoms with Crippen LogP contribution in [-0.4, -0.2) is 60.6 Å². The average Bonchev–Trinajstić information content (AvgIpc) is 2.27. The lowest BCUT2D eigenvalue weighted by atomic mass is 9.66. The minimum absolute atomic E-state index is 0.389. The third-order valence-electron chi connectivity index (χ3n) is 5.02.